The highest BCUT2D eigenvalue weighted by molar-refractivity contribution is 9.09. The SMILES string of the molecule is CCC(Br)CCNc1ncc(C(F)(F)F)cc1Cl. The normalized spacial score (nSPS) is 13.4. The predicted octanol–water partition coefficient (Wildman–Crippen LogP) is 4.73. The van der Waals surface area contributed by atoms with Gasteiger partial charge in [0.1, 0.15) is 5.82 Å². The lowest BCUT2D eigenvalue weighted by atomic mass is 10.2. The fourth-order valence-corrected chi connectivity index (χ4v) is 1.74. The molecular weight excluding hydrogens is 332 g/mol. The number of anilines is 1. The van der Waals surface area contributed by atoms with Crippen LogP contribution >= 0.6 is 27.5 Å². The quantitative estimate of drug-likeness (QED) is 0.780. The summed E-state index contributed by atoms with van der Waals surface area (Å²) in [5.41, 5.74) is -0.843. The number of nitrogens with one attached hydrogen (secondary N) is 1. The summed E-state index contributed by atoms with van der Waals surface area (Å²) in [4.78, 5) is 4.06. The van der Waals surface area contributed by atoms with Crippen molar-refractivity contribution in [1.82, 2.24) is 4.98 Å². The van der Waals surface area contributed by atoms with Crippen LogP contribution in [-0.2, 0) is 6.18 Å². The Balaban J connectivity index is 2.63. The predicted molar refractivity (Wildman–Crippen MR) is 70.4 cm³/mol. The van der Waals surface area contributed by atoms with E-state index in [4.69, 9.17) is 11.6 Å². The van der Waals surface area contributed by atoms with E-state index < -0.39 is 11.7 Å². The lowest BCUT2D eigenvalue weighted by molar-refractivity contribution is -0.137. The van der Waals surface area contributed by atoms with Gasteiger partial charge in [-0.15, -0.1) is 0 Å². The summed E-state index contributed by atoms with van der Waals surface area (Å²) in [6.07, 6.45) is -1.82. The zero-order valence-corrected chi connectivity index (χ0v) is 12.0. The van der Waals surface area contributed by atoms with Gasteiger partial charge in [-0.1, -0.05) is 34.5 Å². The molecule has 1 aromatic heterocycles. The van der Waals surface area contributed by atoms with E-state index in [2.05, 4.69) is 26.2 Å². The van der Waals surface area contributed by atoms with Crippen molar-refractivity contribution < 1.29 is 13.2 Å². The topological polar surface area (TPSA) is 24.9 Å². The number of pyridine rings is 1. The monoisotopic (exact) mass is 344 g/mol. The first-order chi connectivity index (χ1) is 8.34. The Morgan fingerprint density at radius 2 is 2.17 bits per heavy atom. The van der Waals surface area contributed by atoms with Crippen molar-refractivity contribution in [3.05, 3.63) is 22.8 Å². The second-order valence-electron chi connectivity index (χ2n) is 3.77. The standard InChI is InChI=1S/C11H13BrClF3N2/c1-2-8(12)3-4-17-10-9(13)5-7(6-18-10)11(14,15)16/h5-6,8H,2-4H2,1H3,(H,17,18). The molecule has 0 amide bonds. The summed E-state index contributed by atoms with van der Waals surface area (Å²) < 4.78 is 37.1. The van der Waals surface area contributed by atoms with Gasteiger partial charge in [-0.3, -0.25) is 0 Å². The number of aromatic nitrogens is 1. The van der Waals surface area contributed by atoms with Crippen LogP contribution in [0.3, 0.4) is 0 Å². The Morgan fingerprint density at radius 1 is 1.50 bits per heavy atom. The Kier molecular flexibility index (Phi) is 5.72. The maximum absolute atomic E-state index is 12.4. The molecule has 0 fully saturated rings. The Bertz CT molecular complexity index is 398. The summed E-state index contributed by atoms with van der Waals surface area (Å²) in [5.74, 6) is 0.278. The van der Waals surface area contributed by atoms with E-state index >= 15 is 0 Å². The average Bonchev–Trinajstić information content (AvgIpc) is 2.29. The van der Waals surface area contributed by atoms with Crippen molar-refractivity contribution in [2.24, 2.45) is 0 Å². The van der Waals surface area contributed by atoms with Crippen LogP contribution in [0.25, 0.3) is 0 Å². The minimum Gasteiger partial charge on any atom is -0.369 e. The third-order valence-corrected chi connectivity index (χ3v) is 3.75. The van der Waals surface area contributed by atoms with Crippen LogP contribution in [-0.4, -0.2) is 16.4 Å². The van der Waals surface area contributed by atoms with Crippen LogP contribution in [0.15, 0.2) is 12.3 Å². The molecule has 0 aromatic carbocycles. The molecule has 2 nitrogen and oxygen atoms in total. The number of rotatable bonds is 5. The highest BCUT2D eigenvalue weighted by Crippen LogP contribution is 2.32. The van der Waals surface area contributed by atoms with Crippen LogP contribution in [0.2, 0.25) is 5.02 Å². The Hall–Kier alpha value is -0.490. The molecular formula is C11H13BrClF3N2. The zero-order chi connectivity index (χ0) is 13.8. The van der Waals surface area contributed by atoms with Crippen LogP contribution in [0.1, 0.15) is 25.3 Å². The van der Waals surface area contributed by atoms with Gasteiger partial charge in [0.05, 0.1) is 10.6 Å². The van der Waals surface area contributed by atoms with Gasteiger partial charge in [0.2, 0.25) is 0 Å². The van der Waals surface area contributed by atoms with E-state index in [9.17, 15) is 13.2 Å². The largest absolute Gasteiger partial charge is 0.417 e. The summed E-state index contributed by atoms with van der Waals surface area (Å²) in [7, 11) is 0. The minimum absolute atomic E-state index is 0.0209. The summed E-state index contributed by atoms with van der Waals surface area (Å²) >= 11 is 9.21. The molecule has 1 atom stereocenters. The van der Waals surface area contributed by atoms with Gasteiger partial charge in [-0.2, -0.15) is 13.2 Å². The lowest BCUT2D eigenvalue weighted by Crippen LogP contribution is -2.11. The van der Waals surface area contributed by atoms with Gasteiger partial charge in [-0.25, -0.2) is 4.98 Å². The molecule has 0 radical (unpaired) electrons. The molecule has 1 N–H and O–H groups in total. The second kappa shape index (κ2) is 6.61. The summed E-state index contributed by atoms with van der Waals surface area (Å²) in [6, 6.07) is 0.877. The average molecular weight is 346 g/mol. The first kappa shape index (κ1) is 15.6. The van der Waals surface area contributed by atoms with Crippen molar-refractivity contribution in [3.63, 3.8) is 0 Å². The highest BCUT2D eigenvalue weighted by atomic mass is 79.9. The summed E-state index contributed by atoms with van der Waals surface area (Å²) in [5, 5.41) is 2.90. The van der Waals surface area contributed by atoms with Crippen LogP contribution in [0.4, 0.5) is 19.0 Å². The zero-order valence-electron chi connectivity index (χ0n) is 9.69. The number of halogens is 5. The highest BCUT2D eigenvalue weighted by Gasteiger charge is 2.31. The molecule has 0 aliphatic heterocycles. The molecule has 0 saturated heterocycles. The van der Waals surface area contributed by atoms with Crippen molar-refractivity contribution in [2.75, 3.05) is 11.9 Å². The van der Waals surface area contributed by atoms with Crippen LogP contribution in [0, 0.1) is 0 Å². The van der Waals surface area contributed by atoms with E-state index in [-0.39, 0.29) is 10.8 Å². The first-order valence-corrected chi connectivity index (χ1v) is 6.74. The molecule has 1 rings (SSSR count). The first-order valence-electron chi connectivity index (χ1n) is 5.45. The van der Waals surface area contributed by atoms with Gasteiger partial charge < -0.3 is 5.32 Å². The molecule has 0 aliphatic rings. The smallest absolute Gasteiger partial charge is 0.369 e. The lowest BCUT2D eigenvalue weighted by Gasteiger charge is -2.12. The second-order valence-corrected chi connectivity index (χ2v) is 5.48. The fourth-order valence-electron chi connectivity index (χ4n) is 1.27. The van der Waals surface area contributed by atoms with Gasteiger partial charge in [0, 0.05) is 17.6 Å². The third kappa shape index (κ3) is 4.65. The van der Waals surface area contributed by atoms with E-state index in [1.165, 1.54) is 0 Å². The molecule has 18 heavy (non-hydrogen) atoms. The Morgan fingerprint density at radius 3 is 2.67 bits per heavy atom. The molecule has 1 unspecified atom stereocenters. The maximum Gasteiger partial charge on any atom is 0.417 e. The molecule has 0 saturated carbocycles. The van der Waals surface area contributed by atoms with E-state index in [0.29, 0.717) is 11.4 Å². The van der Waals surface area contributed by atoms with Crippen LogP contribution in [0.5, 0.6) is 0 Å². The number of alkyl halides is 4. The molecule has 0 aliphatic carbocycles. The fraction of sp³-hybridized carbons (Fsp3) is 0.545. The number of hydrogen-bond donors (Lipinski definition) is 1. The van der Waals surface area contributed by atoms with Gasteiger partial charge in [-0.05, 0) is 18.9 Å². The Labute approximate surface area is 117 Å². The van der Waals surface area contributed by atoms with Gasteiger partial charge in [0.25, 0.3) is 0 Å². The van der Waals surface area contributed by atoms with E-state index in [1.54, 1.807) is 0 Å². The third-order valence-electron chi connectivity index (χ3n) is 2.36. The van der Waals surface area contributed by atoms with Crippen molar-refractivity contribution in [2.45, 2.75) is 30.8 Å². The molecule has 0 bridgehead atoms. The van der Waals surface area contributed by atoms with E-state index in [1.807, 2.05) is 6.92 Å². The van der Waals surface area contributed by atoms with Gasteiger partial charge in [0.15, 0.2) is 0 Å². The molecule has 7 heteroatoms. The van der Waals surface area contributed by atoms with Crippen LogP contribution < -0.4 is 5.32 Å². The number of hydrogen-bond acceptors (Lipinski definition) is 2. The van der Waals surface area contributed by atoms with E-state index in [0.717, 1.165) is 25.1 Å². The molecule has 0 spiro atoms. The molecule has 1 heterocycles. The minimum atomic E-state index is -4.42. The molecule has 1 aromatic rings. The maximum atomic E-state index is 12.4. The molecule has 102 valence electrons. The van der Waals surface area contributed by atoms with Crippen molar-refractivity contribution in [1.29, 1.82) is 0 Å². The van der Waals surface area contributed by atoms with Crippen molar-refractivity contribution >= 4 is 33.3 Å². The number of nitrogens with zero attached hydrogens (tertiary/aromatic N) is 1. The summed E-state index contributed by atoms with van der Waals surface area (Å²) in [6.45, 7) is 2.64. The van der Waals surface area contributed by atoms with Gasteiger partial charge >= 0.3 is 6.18 Å². The van der Waals surface area contributed by atoms with Crippen molar-refractivity contribution in [3.8, 4) is 0 Å².